The lowest BCUT2D eigenvalue weighted by Gasteiger charge is -2.15. The summed E-state index contributed by atoms with van der Waals surface area (Å²) in [5.41, 5.74) is 1.60. The van der Waals surface area contributed by atoms with Crippen molar-refractivity contribution in [2.45, 2.75) is 34.1 Å². The lowest BCUT2D eigenvalue weighted by atomic mass is 9.87. The summed E-state index contributed by atoms with van der Waals surface area (Å²) in [5, 5.41) is 3.84. The first-order valence-corrected chi connectivity index (χ1v) is 4.34. The molecule has 0 amide bonds. The fourth-order valence-corrected chi connectivity index (χ4v) is 1.25. The van der Waals surface area contributed by atoms with Crippen LogP contribution in [0, 0.1) is 19.3 Å². The van der Waals surface area contributed by atoms with E-state index in [9.17, 15) is 4.79 Å². The molecule has 1 aromatic rings. The maximum Gasteiger partial charge on any atom is 0.137 e. The van der Waals surface area contributed by atoms with Crippen LogP contribution in [0.5, 0.6) is 0 Å². The van der Waals surface area contributed by atoms with Gasteiger partial charge in [0.15, 0.2) is 0 Å². The number of carbonyl (C=O) groups excluding carboxylic acids is 1. The van der Waals surface area contributed by atoms with Gasteiger partial charge >= 0.3 is 0 Å². The van der Waals surface area contributed by atoms with Gasteiger partial charge in [-0.1, -0.05) is 19.0 Å². The summed E-state index contributed by atoms with van der Waals surface area (Å²) in [4.78, 5) is 10.7. The van der Waals surface area contributed by atoms with Crippen LogP contribution in [-0.2, 0) is 11.2 Å². The third-order valence-electron chi connectivity index (χ3n) is 2.13. The molecular weight excluding hydrogens is 166 g/mol. The van der Waals surface area contributed by atoms with Gasteiger partial charge in [0, 0.05) is 11.0 Å². The van der Waals surface area contributed by atoms with Crippen molar-refractivity contribution in [1.82, 2.24) is 5.16 Å². The largest absolute Gasteiger partial charge is 0.361 e. The van der Waals surface area contributed by atoms with Gasteiger partial charge in [-0.05, 0) is 20.3 Å². The van der Waals surface area contributed by atoms with E-state index in [2.05, 4.69) is 5.16 Å². The van der Waals surface area contributed by atoms with Gasteiger partial charge in [-0.25, -0.2) is 0 Å². The highest BCUT2D eigenvalue weighted by atomic mass is 16.5. The summed E-state index contributed by atoms with van der Waals surface area (Å²) in [5.74, 6) is 0.812. The van der Waals surface area contributed by atoms with Gasteiger partial charge in [0.1, 0.15) is 12.0 Å². The fourth-order valence-electron chi connectivity index (χ4n) is 1.25. The van der Waals surface area contributed by atoms with Gasteiger partial charge in [0.2, 0.25) is 0 Å². The van der Waals surface area contributed by atoms with Crippen LogP contribution >= 0.6 is 0 Å². The van der Waals surface area contributed by atoms with Crippen molar-refractivity contribution in [3.05, 3.63) is 17.0 Å². The third kappa shape index (κ3) is 2.17. The number of nitrogens with zero attached hydrogens (tertiary/aromatic N) is 1. The van der Waals surface area contributed by atoms with Crippen LogP contribution in [0.25, 0.3) is 0 Å². The zero-order chi connectivity index (χ0) is 10.1. The van der Waals surface area contributed by atoms with Crippen molar-refractivity contribution in [1.29, 1.82) is 0 Å². The predicted molar refractivity (Wildman–Crippen MR) is 49.5 cm³/mol. The van der Waals surface area contributed by atoms with Gasteiger partial charge in [-0.2, -0.15) is 0 Å². The first-order chi connectivity index (χ1) is 5.96. The SMILES string of the molecule is Cc1noc(C)c1CC(C)(C)C=O. The lowest BCUT2D eigenvalue weighted by molar-refractivity contribution is -0.114. The number of hydrogen-bond acceptors (Lipinski definition) is 3. The predicted octanol–water partition coefficient (Wildman–Crippen LogP) is 2.06. The Hall–Kier alpha value is -1.12. The zero-order valence-corrected chi connectivity index (χ0v) is 8.55. The molecule has 13 heavy (non-hydrogen) atoms. The molecule has 0 saturated carbocycles. The van der Waals surface area contributed by atoms with Crippen LogP contribution in [0.3, 0.4) is 0 Å². The Labute approximate surface area is 78.1 Å². The van der Waals surface area contributed by atoms with Gasteiger partial charge in [-0.3, -0.25) is 0 Å². The summed E-state index contributed by atoms with van der Waals surface area (Å²) in [6.07, 6.45) is 1.66. The summed E-state index contributed by atoms with van der Waals surface area (Å²) in [6.45, 7) is 7.58. The number of aromatic nitrogens is 1. The van der Waals surface area contributed by atoms with Crippen LogP contribution in [-0.4, -0.2) is 11.4 Å². The van der Waals surface area contributed by atoms with E-state index in [1.165, 1.54) is 0 Å². The number of aldehydes is 1. The Morgan fingerprint density at radius 3 is 2.46 bits per heavy atom. The van der Waals surface area contributed by atoms with Crippen LogP contribution in [0.4, 0.5) is 0 Å². The van der Waals surface area contributed by atoms with Crippen molar-refractivity contribution >= 4 is 6.29 Å². The van der Waals surface area contributed by atoms with E-state index < -0.39 is 0 Å². The summed E-state index contributed by atoms with van der Waals surface area (Å²) in [7, 11) is 0. The van der Waals surface area contributed by atoms with Crippen LogP contribution in [0.2, 0.25) is 0 Å². The highest BCUT2D eigenvalue weighted by Crippen LogP contribution is 2.23. The first kappa shape index (κ1) is 9.96. The summed E-state index contributed by atoms with van der Waals surface area (Å²) < 4.78 is 5.02. The summed E-state index contributed by atoms with van der Waals surface area (Å²) >= 11 is 0. The molecule has 1 aromatic heterocycles. The molecule has 0 aliphatic carbocycles. The van der Waals surface area contributed by atoms with E-state index in [0.717, 1.165) is 23.3 Å². The van der Waals surface area contributed by atoms with E-state index in [0.29, 0.717) is 6.42 Å². The molecule has 3 nitrogen and oxygen atoms in total. The highest BCUT2D eigenvalue weighted by Gasteiger charge is 2.21. The molecule has 0 N–H and O–H groups in total. The van der Waals surface area contributed by atoms with Crippen molar-refractivity contribution < 1.29 is 9.32 Å². The van der Waals surface area contributed by atoms with E-state index in [4.69, 9.17) is 4.52 Å². The van der Waals surface area contributed by atoms with E-state index >= 15 is 0 Å². The average Bonchev–Trinajstić information content (AvgIpc) is 2.36. The fraction of sp³-hybridized carbons (Fsp3) is 0.600. The molecule has 0 unspecified atom stereocenters. The smallest absolute Gasteiger partial charge is 0.137 e. The Balaban J connectivity index is 2.91. The number of rotatable bonds is 3. The second-order valence-corrected chi connectivity index (χ2v) is 4.09. The minimum absolute atomic E-state index is 0.332. The molecule has 1 rings (SSSR count). The second-order valence-electron chi connectivity index (χ2n) is 4.09. The first-order valence-electron chi connectivity index (χ1n) is 4.34. The number of hydrogen-bond donors (Lipinski definition) is 0. The number of carbonyl (C=O) groups is 1. The van der Waals surface area contributed by atoms with Gasteiger partial charge in [-0.15, -0.1) is 0 Å². The maximum absolute atomic E-state index is 10.7. The van der Waals surface area contributed by atoms with E-state index in [1.807, 2.05) is 27.7 Å². The third-order valence-corrected chi connectivity index (χ3v) is 2.13. The number of aryl methyl sites for hydroxylation is 2. The highest BCUT2D eigenvalue weighted by molar-refractivity contribution is 5.59. The van der Waals surface area contributed by atoms with Crippen molar-refractivity contribution in [3.8, 4) is 0 Å². The molecule has 0 fully saturated rings. The molecule has 1 heterocycles. The van der Waals surface area contributed by atoms with Crippen molar-refractivity contribution in [2.24, 2.45) is 5.41 Å². The van der Waals surface area contributed by atoms with Gasteiger partial charge in [0.25, 0.3) is 0 Å². The summed E-state index contributed by atoms with van der Waals surface area (Å²) in [6, 6.07) is 0. The molecule has 0 aliphatic heterocycles. The molecule has 0 spiro atoms. The molecule has 0 aromatic carbocycles. The molecule has 72 valence electrons. The van der Waals surface area contributed by atoms with E-state index in [-0.39, 0.29) is 5.41 Å². The minimum atomic E-state index is -0.332. The Bertz CT molecular complexity index is 293. The monoisotopic (exact) mass is 181 g/mol. The Morgan fingerprint density at radius 1 is 1.46 bits per heavy atom. The standard InChI is InChI=1S/C10H15NO2/c1-7-9(8(2)13-11-7)5-10(3,4)6-12/h6H,5H2,1-4H3. The van der Waals surface area contributed by atoms with Crippen molar-refractivity contribution in [3.63, 3.8) is 0 Å². The molecule has 0 saturated heterocycles. The lowest BCUT2D eigenvalue weighted by Crippen LogP contribution is -2.17. The van der Waals surface area contributed by atoms with Gasteiger partial charge in [0.05, 0.1) is 5.69 Å². The van der Waals surface area contributed by atoms with Crippen LogP contribution < -0.4 is 0 Å². The van der Waals surface area contributed by atoms with E-state index in [1.54, 1.807) is 0 Å². The van der Waals surface area contributed by atoms with Crippen LogP contribution in [0.1, 0.15) is 30.9 Å². The molecular formula is C10H15NO2. The van der Waals surface area contributed by atoms with Gasteiger partial charge < -0.3 is 9.32 Å². The average molecular weight is 181 g/mol. The zero-order valence-electron chi connectivity index (χ0n) is 8.55. The molecule has 0 radical (unpaired) electrons. The minimum Gasteiger partial charge on any atom is -0.361 e. The second kappa shape index (κ2) is 3.32. The topological polar surface area (TPSA) is 43.1 Å². The molecule has 0 aliphatic rings. The van der Waals surface area contributed by atoms with Crippen LogP contribution in [0.15, 0.2) is 4.52 Å². The Kier molecular flexibility index (Phi) is 2.55. The molecule has 3 heteroatoms. The van der Waals surface area contributed by atoms with Crippen molar-refractivity contribution in [2.75, 3.05) is 0 Å². The quantitative estimate of drug-likeness (QED) is 0.670. The molecule has 0 bridgehead atoms. The normalized spacial score (nSPS) is 11.7. The maximum atomic E-state index is 10.7. The Morgan fingerprint density at radius 2 is 2.08 bits per heavy atom. The molecule has 0 atom stereocenters.